The van der Waals surface area contributed by atoms with E-state index in [0.717, 1.165) is 18.3 Å². The van der Waals surface area contributed by atoms with Crippen LogP contribution in [-0.4, -0.2) is 42.0 Å². The molecule has 3 nitrogen and oxygen atoms in total. The van der Waals surface area contributed by atoms with Gasteiger partial charge < -0.3 is 5.73 Å². The summed E-state index contributed by atoms with van der Waals surface area (Å²) < 4.78 is 0. The highest BCUT2D eigenvalue weighted by Crippen LogP contribution is 2.24. The highest BCUT2D eigenvalue weighted by molar-refractivity contribution is 5.39. The minimum atomic E-state index is 0.856. The van der Waals surface area contributed by atoms with E-state index in [4.69, 9.17) is 5.73 Å². The summed E-state index contributed by atoms with van der Waals surface area (Å²) in [4.78, 5) is 5.28. The normalized spacial score (nSPS) is 22.9. The van der Waals surface area contributed by atoms with Gasteiger partial charge in [0.2, 0.25) is 0 Å². The molecule has 2 fully saturated rings. The topological polar surface area (TPSA) is 32.5 Å². The van der Waals surface area contributed by atoms with Crippen molar-refractivity contribution in [3.05, 3.63) is 29.8 Å². The molecule has 1 saturated carbocycles. The summed E-state index contributed by atoms with van der Waals surface area (Å²) in [7, 11) is 0. The molecule has 0 unspecified atom stereocenters. The van der Waals surface area contributed by atoms with E-state index >= 15 is 0 Å². The van der Waals surface area contributed by atoms with Crippen LogP contribution in [0.4, 0.5) is 5.69 Å². The fourth-order valence-electron chi connectivity index (χ4n) is 3.44. The van der Waals surface area contributed by atoms with Gasteiger partial charge in [0.15, 0.2) is 0 Å². The van der Waals surface area contributed by atoms with Crippen LogP contribution in [0.2, 0.25) is 0 Å². The number of nitrogen functional groups attached to an aromatic ring is 1. The minimum Gasteiger partial charge on any atom is -0.399 e. The summed E-state index contributed by atoms with van der Waals surface area (Å²) in [5, 5.41) is 0. The van der Waals surface area contributed by atoms with E-state index in [1.54, 1.807) is 0 Å². The second-order valence-corrected chi connectivity index (χ2v) is 5.99. The molecule has 0 spiro atoms. The first-order valence-electron chi connectivity index (χ1n) is 7.62. The Hall–Kier alpha value is -1.06. The van der Waals surface area contributed by atoms with Gasteiger partial charge in [0.25, 0.3) is 0 Å². The molecule has 3 heteroatoms. The van der Waals surface area contributed by atoms with Crippen LogP contribution >= 0.6 is 0 Å². The average Bonchev–Trinajstić information content (AvgIpc) is 2.96. The number of benzene rings is 1. The highest BCUT2D eigenvalue weighted by Gasteiger charge is 2.25. The molecule has 0 atom stereocenters. The van der Waals surface area contributed by atoms with E-state index in [0.29, 0.717) is 0 Å². The Labute approximate surface area is 116 Å². The van der Waals surface area contributed by atoms with Crippen molar-refractivity contribution in [3.63, 3.8) is 0 Å². The van der Waals surface area contributed by atoms with Gasteiger partial charge in [-0.2, -0.15) is 0 Å². The summed E-state index contributed by atoms with van der Waals surface area (Å²) in [6.45, 7) is 5.99. The molecule has 104 valence electrons. The number of piperazine rings is 1. The van der Waals surface area contributed by atoms with Gasteiger partial charge >= 0.3 is 0 Å². The van der Waals surface area contributed by atoms with Crippen LogP contribution in [0.15, 0.2) is 24.3 Å². The lowest BCUT2D eigenvalue weighted by Crippen LogP contribution is -2.49. The van der Waals surface area contributed by atoms with Gasteiger partial charge in [0.05, 0.1) is 0 Å². The molecule has 1 heterocycles. The van der Waals surface area contributed by atoms with Crippen molar-refractivity contribution in [1.82, 2.24) is 9.80 Å². The average molecular weight is 259 g/mol. The predicted octanol–water partition coefficient (Wildman–Crippen LogP) is 2.33. The number of hydrogen-bond acceptors (Lipinski definition) is 3. The molecule has 1 aromatic carbocycles. The zero-order valence-electron chi connectivity index (χ0n) is 11.7. The third-order valence-corrected chi connectivity index (χ3v) is 4.63. The van der Waals surface area contributed by atoms with E-state index in [2.05, 4.69) is 21.9 Å². The smallest absolute Gasteiger partial charge is 0.0314 e. The Balaban J connectivity index is 1.48. The first-order chi connectivity index (χ1) is 9.31. The fourth-order valence-corrected chi connectivity index (χ4v) is 3.44. The Morgan fingerprint density at radius 2 is 1.58 bits per heavy atom. The molecule has 3 rings (SSSR count). The zero-order valence-corrected chi connectivity index (χ0v) is 11.7. The van der Waals surface area contributed by atoms with Crippen molar-refractivity contribution in [2.24, 2.45) is 0 Å². The molecule has 1 aliphatic carbocycles. The quantitative estimate of drug-likeness (QED) is 0.846. The lowest BCUT2D eigenvalue weighted by atomic mass is 10.1. The van der Waals surface area contributed by atoms with Gasteiger partial charge in [-0.05, 0) is 30.5 Å². The number of hydrogen-bond donors (Lipinski definition) is 1. The van der Waals surface area contributed by atoms with E-state index in [1.807, 2.05) is 12.1 Å². The van der Waals surface area contributed by atoms with Crippen LogP contribution in [0.25, 0.3) is 0 Å². The maximum absolute atomic E-state index is 5.73. The van der Waals surface area contributed by atoms with Crippen molar-refractivity contribution >= 4 is 5.69 Å². The van der Waals surface area contributed by atoms with E-state index in [-0.39, 0.29) is 0 Å². The summed E-state index contributed by atoms with van der Waals surface area (Å²) in [5.41, 5.74) is 7.96. The van der Waals surface area contributed by atoms with E-state index in [9.17, 15) is 0 Å². The summed E-state index contributed by atoms with van der Waals surface area (Å²) in [5.74, 6) is 0. The highest BCUT2D eigenvalue weighted by atomic mass is 15.3. The van der Waals surface area contributed by atoms with Crippen molar-refractivity contribution in [1.29, 1.82) is 0 Å². The standard InChI is InChI=1S/C16H25N3/c17-15-7-5-14(6-8-15)13-18-9-11-19(12-10-18)16-3-1-2-4-16/h5-8,16H,1-4,9-13,17H2. The van der Waals surface area contributed by atoms with Gasteiger partial charge in [0.1, 0.15) is 0 Å². The third-order valence-electron chi connectivity index (χ3n) is 4.63. The molecular formula is C16H25N3. The fraction of sp³-hybridized carbons (Fsp3) is 0.625. The Bertz CT molecular complexity index is 387. The number of rotatable bonds is 3. The molecular weight excluding hydrogens is 234 g/mol. The molecule has 0 aromatic heterocycles. The molecule has 0 radical (unpaired) electrons. The SMILES string of the molecule is Nc1ccc(CN2CCN(C3CCCC3)CC2)cc1. The summed E-state index contributed by atoms with van der Waals surface area (Å²) in [6, 6.07) is 9.20. The molecule has 1 saturated heterocycles. The number of nitrogens with zero attached hydrogens (tertiary/aromatic N) is 2. The van der Waals surface area contributed by atoms with Crippen LogP contribution in [0.1, 0.15) is 31.2 Å². The molecule has 0 amide bonds. The van der Waals surface area contributed by atoms with Crippen molar-refractivity contribution in [2.45, 2.75) is 38.3 Å². The maximum atomic E-state index is 5.73. The molecule has 19 heavy (non-hydrogen) atoms. The third kappa shape index (κ3) is 3.28. The van der Waals surface area contributed by atoms with Gasteiger partial charge in [-0.25, -0.2) is 0 Å². The lowest BCUT2D eigenvalue weighted by Gasteiger charge is -2.38. The van der Waals surface area contributed by atoms with Gasteiger partial charge in [-0.3, -0.25) is 9.80 Å². The monoisotopic (exact) mass is 259 g/mol. The first-order valence-corrected chi connectivity index (χ1v) is 7.62. The summed E-state index contributed by atoms with van der Waals surface area (Å²) in [6.07, 6.45) is 5.74. The van der Waals surface area contributed by atoms with E-state index < -0.39 is 0 Å². The van der Waals surface area contributed by atoms with Gasteiger partial charge in [-0.15, -0.1) is 0 Å². The summed E-state index contributed by atoms with van der Waals surface area (Å²) >= 11 is 0. The molecule has 1 aliphatic heterocycles. The molecule has 2 aliphatic rings. The lowest BCUT2D eigenvalue weighted by molar-refractivity contribution is 0.0937. The van der Waals surface area contributed by atoms with Crippen LogP contribution in [0, 0.1) is 0 Å². The zero-order chi connectivity index (χ0) is 13.1. The first kappa shape index (κ1) is 12.9. The van der Waals surface area contributed by atoms with Crippen LogP contribution < -0.4 is 5.73 Å². The largest absolute Gasteiger partial charge is 0.399 e. The Morgan fingerprint density at radius 3 is 2.21 bits per heavy atom. The maximum Gasteiger partial charge on any atom is 0.0314 e. The van der Waals surface area contributed by atoms with Crippen molar-refractivity contribution in [3.8, 4) is 0 Å². The second-order valence-electron chi connectivity index (χ2n) is 5.99. The van der Waals surface area contributed by atoms with Crippen LogP contribution in [-0.2, 0) is 6.54 Å². The van der Waals surface area contributed by atoms with Crippen molar-refractivity contribution in [2.75, 3.05) is 31.9 Å². The van der Waals surface area contributed by atoms with Crippen LogP contribution in [0.5, 0.6) is 0 Å². The Kier molecular flexibility index (Phi) is 4.04. The number of nitrogens with two attached hydrogens (primary N) is 1. The minimum absolute atomic E-state index is 0.856. The van der Waals surface area contributed by atoms with E-state index in [1.165, 1.54) is 57.4 Å². The van der Waals surface area contributed by atoms with Crippen LogP contribution in [0.3, 0.4) is 0 Å². The second kappa shape index (κ2) is 5.93. The van der Waals surface area contributed by atoms with Crippen molar-refractivity contribution < 1.29 is 0 Å². The number of anilines is 1. The molecule has 1 aromatic rings. The Morgan fingerprint density at radius 1 is 0.947 bits per heavy atom. The van der Waals surface area contributed by atoms with Gasteiger partial charge in [-0.1, -0.05) is 25.0 Å². The predicted molar refractivity (Wildman–Crippen MR) is 80.0 cm³/mol. The van der Waals surface area contributed by atoms with Gasteiger partial charge in [0, 0.05) is 44.5 Å². The molecule has 2 N–H and O–H groups in total. The molecule has 0 bridgehead atoms.